The van der Waals surface area contributed by atoms with E-state index in [1.807, 2.05) is 0 Å². The summed E-state index contributed by atoms with van der Waals surface area (Å²) in [6.45, 7) is 0. The van der Waals surface area contributed by atoms with Crippen LogP contribution < -0.4 is 0 Å². The highest BCUT2D eigenvalue weighted by Gasteiger charge is 2.34. The minimum atomic E-state index is 0.570. The molecule has 0 spiro atoms. The molecule has 0 aromatic heterocycles. The van der Waals surface area contributed by atoms with Crippen LogP contribution in [0.2, 0.25) is 10.0 Å². The lowest BCUT2D eigenvalue weighted by Gasteiger charge is -2.29. The predicted octanol–water partition coefficient (Wildman–Crippen LogP) is 5.17. The monoisotopic (exact) mass is 266 g/mol. The summed E-state index contributed by atoms with van der Waals surface area (Å²) >= 11 is 11.3. The van der Waals surface area contributed by atoms with E-state index < -0.39 is 0 Å². The van der Waals surface area contributed by atoms with Gasteiger partial charge in [-0.2, -0.15) is 0 Å². The first-order valence-electron chi connectivity index (χ1n) is 6.12. The molecule has 0 heterocycles. The van der Waals surface area contributed by atoms with Crippen LogP contribution in [0, 0.1) is 24.2 Å². The van der Waals surface area contributed by atoms with Crippen LogP contribution in [0.25, 0.3) is 0 Å². The highest BCUT2D eigenvalue weighted by atomic mass is 35.5. The summed E-state index contributed by atoms with van der Waals surface area (Å²) in [5.41, 5.74) is 0.706. The number of hydrogen-bond acceptors (Lipinski definition) is 0. The van der Waals surface area contributed by atoms with E-state index in [1.54, 1.807) is 43.9 Å². The summed E-state index contributed by atoms with van der Waals surface area (Å²) < 4.78 is 0. The standard InChI is InChI=1S/C8H4Cl2.C7H12/c1-2-6-3-7(9)5-8(10)4-6;1-2-6-4-5-7(6)3-1/h1,3-5H;6-7H,1-5H2. The Morgan fingerprint density at radius 1 is 0.941 bits per heavy atom. The SMILES string of the molecule is C#Cc1cc(Cl)cc(Cl)c1.C1CC2CCC2C1. The topological polar surface area (TPSA) is 0 Å². The fourth-order valence-electron chi connectivity index (χ4n) is 2.68. The second-order valence-corrected chi connectivity index (χ2v) is 5.70. The van der Waals surface area contributed by atoms with E-state index in [0.29, 0.717) is 15.6 Å². The highest BCUT2D eigenvalue weighted by molar-refractivity contribution is 6.34. The third-order valence-corrected chi connectivity index (χ3v) is 4.19. The number of benzene rings is 1. The molecule has 3 rings (SSSR count). The normalized spacial score (nSPS) is 25.0. The summed E-state index contributed by atoms with van der Waals surface area (Å²) in [5.74, 6) is 4.83. The maximum absolute atomic E-state index is 5.65. The van der Waals surface area contributed by atoms with Gasteiger partial charge in [0.25, 0.3) is 0 Å². The van der Waals surface area contributed by atoms with Crippen LogP contribution in [-0.4, -0.2) is 0 Å². The van der Waals surface area contributed by atoms with E-state index in [4.69, 9.17) is 29.6 Å². The van der Waals surface area contributed by atoms with E-state index in [0.717, 1.165) is 0 Å². The van der Waals surface area contributed by atoms with Crippen LogP contribution in [0.3, 0.4) is 0 Å². The summed E-state index contributed by atoms with van der Waals surface area (Å²) in [4.78, 5) is 0. The maximum atomic E-state index is 5.65. The molecule has 2 saturated carbocycles. The molecule has 17 heavy (non-hydrogen) atoms. The molecule has 2 aliphatic carbocycles. The second-order valence-electron chi connectivity index (χ2n) is 4.83. The average Bonchev–Trinajstić information content (AvgIpc) is 2.57. The zero-order valence-corrected chi connectivity index (χ0v) is 11.3. The molecule has 2 fully saturated rings. The molecule has 0 amide bonds. The Bertz CT molecular complexity index is 401. The van der Waals surface area contributed by atoms with E-state index in [1.165, 1.54) is 18.3 Å². The van der Waals surface area contributed by atoms with Gasteiger partial charge in [0.15, 0.2) is 0 Å². The molecule has 0 N–H and O–H groups in total. The first-order chi connectivity index (χ1) is 8.19. The highest BCUT2D eigenvalue weighted by Crippen LogP contribution is 2.46. The van der Waals surface area contributed by atoms with Crippen molar-refractivity contribution in [2.24, 2.45) is 11.8 Å². The van der Waals surface area contributed by atoms with Crippen molar-refractivity contribution in [2.45, 2.75) is 32.1 Å². The fraction of sp³-hybridized carbons (Fsp3) is 0.467. The first kappa shape index (κ1) is 12.8. The Balaban J connectivity index is 0.000000134. The molecule has 0 radical (unpaired) electrons. The lowest BCUT2D eigenvalue weighted by molar-refractivity contribution is 0.219. The molecule has 0 bridgehead atoms. The first-order valence-corrected chi connectivity index (χ1v) is 6.87. The van der Waals surface area contributed by atoms with Gasteiger partial charge in [0, 0.05) is 15.6 Å². The largest absolute Gasteiger partial charge is 0.115 e. The van der Waals surface area contributed by atoms with Crippen LogP contribution in [0.4, 0.5) is 0 Å². The molecule has 2 atom stereocenters. The Kier molecular flexibility index (Phi) is 4.37. The van der Waals surface area contributed by atoms with E-state index in [2.05, 4.69) is 5.92 Å². The van der Waals surface area contributed by atoms with E-state index in [-0.39, 0.29) is 0 Å². The minimum Gasteiger partial charge on any atom is -0.115 e. The second kappa shape index (κ2) is 5.80. The van der Waals surface area contributed by atoms with E-state index >= 15 is 0 Å². The van der Waals surface area contributed by atoms with Gasteiger partial charge in [0.1, 0.15) is 0 Å². The van der Waals surface area contributed by atoms with Gasteiger partial charge in [0.2, 0.25) is 0 Å². The van der Waals surface area contributed by atoms with Crippen LogP contribution in [0.15, 0.2) is 18.2 Å². The molecule has 0 aliphatic heterocycles. The van der Waals surface area contributed by atoms with Gasteiger partial charge in [-0.1, -0.05) is 48.4 Å². The average molecular weight is 267 g/mol. The lowest BCUT2D eigenvalue weighted by Crippen LogP contribution is -2.18. The quantitative estimate of drug-likeness (QED) is 0.569. The minimum absolute atomic E-state index is 0.570. The third-order valence-electron chi connectivity index (χ3n) is 3.75. The van der Waals surface area contributed by atoms with Gasteiger partial charge in [0.05, 0.1) is 0 Å². The molecule has 2 heteroatoms. The number of halogens is 2. The van der Waals surface area contributed by atoms with Gasteiger partial charge in [-0.15, -0.1) is 6.42 Å². The summed E-state index contributed by atoms with van der Waals surface area (Å²) in [7, 11) is 0. The summed E-state index contributed by atoms with van der Waals surface area (Å²) in [6, 6.07) is 5.02. The fourth-order valence-corrected chi connectivity index (χ4v) is 3.20. The Hall–Kier alpha value is -0.640. The van der Waals surface area contributed by atoms with Crippen molar-refractivity contribution in [3.8, 4) is 12.3 Å². The zero-order valence-electron chi connectivity index (χ0n) is 9.76. The number of rotatable bonds is 0. The van der Waals surface area contributed by atoms with Crippen molar-refractivity contribution in [1.29, 1.82) is 0 Å². The van der Waals surface area contributed by atoms with Crippen molar-refractivity contribution >= 4 is 23.2 Å². The summed E-state index contributed by atoms with van der Waals surface area (Å²) in [6.07, 6.45) is 12.9. The molecular weight excluding hydrogens is 251 g/mol. The van der Waals surface area contributed by atoms with Gasteiger partial charge in [-0.25, -0.2) is 0 Å². The predicted molar refractivity (Wildman–Crippen MR) is 74.5 cm³/mol. The molecule has 0 nitrogen and oxygen atoms in total. The lowest BCUT2D eigenvalue weighted by atomic mass is 9.77. The number of hydrogen-bond donors (Lipinski definition) is 0. The smallest absolute Gasteiger partial charge is 0.0433 e. The van der Waals surface area contributed by atoms with Gasteiger partial charge >= 0.3 is 0 Å². The van der Waals surface area contributed by atoms with Crippen molar-refractivity contribution in [1.82, 2.24) is 0 Å². The molecule has 1 aromatic rings. The van der Waals surface area contributed by atoms with Crippen LogP contribution in [-0.2, 0) is 0 Å². The van der Waals surface area contributed by atoms with Crippen molar-refractivity contribution in [2.75, 3.05) is 0 Å². The number of terminal acetylenes is 1. The van der Waals surface area contributed by atoms with E-state index in [9.17, 15) is 0 Å². The molecule has 0 saturated heterocycles. The van der Waals surface area contributed by atoms with Crippen LogP contribution in [0.5, 0.6) is 0 Å². The summed E-state index contributed by atoms with van der Waals surface area (Å²) in [5, 5.41) is 1.14. The van der Waals surface area contributed by atoms with Gasteiger partial charge in [-0.3, -0.25) is 0 Å². The van der Waals surface area contributed by atoms with Crippen LogP contribution in [0.1, 0.15) is 37.7 Å². The molecule has 2 unspecified atom stereocenters. The molecule has 2 aliphatic rings. The Morgan fingerprint density at radius 2 is 1.47 bits per heavy atom. The van der Waals surface area contributed by atoms with Crippen LogP contribution >= 0.6 is 23.2 Å². The zero-order chi connectivity index (χ0) is 12.3. The Morgan fingerprint density at radius 3 is 1.82 bits per heavy atom. The Labute approximate surface area is 113 Å². The van der Waals surface area contributed by atoms with Crippen molar-refractivity contribution in [3.05, 3.63) is 33.8 Å². The van der Waals surface area contributed by atoms with Crippen molar-refractivity contribution < 1.29 is 0 Å². The maximum Gasteiger partial charge on any atom is 0.0433 e. The van der Waals surface area contributed by atoms with Gasteiger partial charge in [-0.05, 0) is 42.9 Å². The number of fused-ring (bicyclic) bond motifs is 1. The molecular formula is C15H16Cl2. The van der Waals surface area contributed by atoms with Crippen molar-refractivity contribution in [3.63, 3.8) is 0 Å². The third kappa shape index (κ3) is 3.41. The molecule has 90 valence electrons. The van der Waals surface area contributed by atoms with Gasteiger partial charge < -0.3 is 0 Å². The molecule has 1 aromatic carbocycles.